The summed E-state index contributed by atoms with van der Waals surface area (Å²) >= 11 is 0. The zero-order chi connectivity index (χ0) is 25.9. The first-order chi connectivity index (χ1) is 17.2. The zero-order valence-corrected chi connectivity index (χ0v) is 19.9. The van der Waals surface area contributed by atoms with E-state index in [-0.39, 0.29) is 6.54 Å². The summed E-state index contributed by atoms with van der Waals surface area (Å²) in [5, 5.41) is 14.8. The molecule has 1 heterocycles. The van der Waals surface area contributed by atoms with Gasteiger partial charge in [0.15, 0.2) is 0 Å². The number of benzene rings is 3. The van der Waals surface area contributed by atoms with Crippen molar-refractivity contribution < 1.29 is 24.3 Å². The highest BCUT2D eigenvalue weighted by Gasteiger charge is 2.55. The van der Waals surface area contributed by atoms with E-state index in [1.807, 2.05) is 55.5 Å². The van der Waals surface area contributed by atoms with Gasteiger partial charge in [-0.2, -0.15) is 0 Å². The molecule has 9 nitrogen and oxygen atoms in total. The van der Waals surface area contributed by atoms with E-state index >= 15 is 0 Å². The van der Waals surface area contributed by atoms with Crippen molar-refractivity contribution >= 4 is 35.3 Å². The summed E-state index contributed by atoms with van der Waals surface area (Å²) in [4.78, 5) is 52.5. The van der Waals surface area contributed by atoms with E-state index in [2.05, 4.69) is 10.6 Å². The van der Waals surface area contributed by atoms with Crippen LogP contribution in [0.5, 0.6) is 0 Å². The largest absolute Gasteiger partial charge is 0.480 e. The molecule has 1 aliphatic heterocycles. The van der Waals surface area contributed by atoms with Crippen LogP contribution < -0.4 is 10.6 Å². The van der Waals surface area contributed by atoms with Gasteiger partial charge in [0.25, 0.3) is 5.91 Å². The number of carboxylic acids is 1. The third-order valence-electron chi connectivity index (χ3n) is 6.24. The molecule has 184 valence electrons. The molecule has 1 saturated heterocycles. The Bertz CT molecular complexity index is 1310. The van der Waals surface area contributed by atoms with Crippen molar-refractivity contribution in [2.24, 2.45) is 0 Å². The number of carboxylic acid groups (broad SMARTS) is 1. The highest BCUT2D eigenvalue weighted by atomic mass is 16.4. The number of hydrogen-bond donors (Lipinski definition) is 3. The average molecular weight is 487 g/mol. The number of imide groups is 1. The second kappa shape index (κ2) is 9.91. The molecular weight excluding hydrogens is 460 g/mol. The second-order valence-electron chi connectivity index (χ2n) is 8.68. The van der Waals surface area contributed by atoms with Crippen LogP contribution in [0.25, 0.3) is 0 Å². The maximum absolute atomic E-state index is 13.4. The molecule has 3 N–H and O–H groups in total. The molecule has 0 bridgehead atoms. The summed E-state index contributed by atoms with van der Waals surface area (Å²) < 4.78 is 0. The van der Waals surface area contributed by atoms with Gasteiger partial charge >= 0.3 is 18.0 Å². The van der Waals surface area contributed by atoms with Crippen LogP contribution in [0.1, 0.15) is 23.6 Å². The molecule has 36 heavy (non-hydrogen) atoms. The molecule has 5 amide bonds. The van der Waals surface area contributed by atoms with Gasteiger partial charge in [-0.15, -0.1) is 0 Å². The van der Waals surface area contributed by atoms with Crippen molar-refractivity contribution in [1.29, 1.82) is 0 Å². The summed E-state index contributed by atoms with van der Waals surface area (Å²) in [6.07, 6.45) is 0. The number of carbonyl (C=O) groups is 4. The van der Waals surface area contributed by atoms with Crippen molar-refractivity contribution in [2.75, 3.05) is 17.2 Å². The van der Waals surface area contributed by atoms with E-state index in [0.717, 1.165) is 16.0 Å². The van der Waals surface area contributed by atoms with Gasteiger partial charge in [0, 0.05) is 17.9 Å². The van der Waals surface area contributed by atoms with Gasteiger partial charge in [-0.1, -0.05) is 60.7 Å². The molecule has 0 aliphatic carbocycles. The van der Waals surface area contributed by atoms with Crippen molar-refractivity contribution in [3.8, 4) is 0 Å². The van der Waals surface area contributed by atoms with Crippen molar-refractivity contribution in [2.45, 2.75) is 25.9 Å². The molecule has 9 heteroatoms. The smallest absolute Gasteiger partial charge is 0.328 e. The molecule has 4 rings (SSSR count). The number of anilines is 2. The van der Waals surface area contributed by atoms with Crippen molar-refractivity contribution in [3.63, 3.8) is 0 Å². The summed E-state index contributed by atoms with van der Waals surface area (Å²) in [5.41, 5.74) is 1.96. The van der Waals surface area contributed by atoms with Crippen LogP contribution in [0, 0.1) is 6.92 Å². The molecule has 3 aromatic carbocycles. The highest BCUT2D eigenvalue weighted by Crippen LogP contribution is 2.38. The molecule has 1 fully saturated rings. The number of carbonyl (C=O) groups excluding carboxylic acids is 3. The molecule has 0 spiro atoms. The molecule has 0 aromatic heterocycles. The summed E-state index contributed by atoms with van der Waals surface area (Å²) in [6.45, 7) is 2.89. The van der Waals surface area contributed by atoms with Gasteiger partial charge in [-0.05, 0) is 48.7 Å². The van der Waals surface area contributed by atoms with Gasteiger partial charge in [-0.3, -0.25) is 14.5 Å². The van der Waals surface area contributed by atoms with E-state index < -0.39 is 36.0 Å². The van der Waals surface area contributed by atoms with E-state index in [1.54, 1.807) is 37.3 Å². The average Bonchev–Trinajstić information content (AvgIpc) is 3.03. The Morgan fingerprint density at radius 2 is 1.53 bits per heavy atom. The highest BCUT2D eigenvalue weighted by molar-refractivity contribution is 6.09. The van der Waals surface area contributed by atoms with Crippen LogP contribution in [0.4, 0.5) is 21.0 Å². The number of urea groups is 2. The number of nitrogens with one attached hydrogen (secondary N) is 2. The Balaban J connectivity index is 1.59. The first-order valence-electron chi connectivity index (χ1n) is 11.3. The fourth-order valence-electron chi connectivity index (χ4n) is 4.22. The van der Waals surface area contributed by atoms with Gasteiger partial charge in [0.2, 0.25) is 0 Å². The minimum absolute atomic E-state index is 0.122. The number of nitrogens with zero attached hydrogens (tertiary/aromatic N) is 2. The number of para-hydroxylation sites is 1. The SMILES string of the molecule is Cc1ccccc1NC(=O)Nc1ccc(C2(C)C(=O)N(CC(=O)O)C(=O)N2Cc2ccccc2)cc1. The first-order valence-corrected chi connectivity index (χ1v) is 11.3. The molecule has 3 aromatic rings. The van der Waals surface area contributed by atoms with E-state index in [9.17, 15) is 24.3 Å². The summed E-state index contributed by atoms with van der Waals surface area (Å²) in [7, 11) is 0. The lowest BCUT2D eigenvalue weighted by molar-refractivity contribution is -0.143. The number of amides is 5. The lowest BCUT2D eigenvalue weighted by Crippen LogP contribution is -2.44. The van der Waals surface area contributed by atoms with Crippen LogP contribution in [0.2, 0.25) is 0 Å². The Kier molecular flexibility index (Phi) is 6.73. The molecule has 0 radical (unpaired) electrons. The standard InChI is InChI=1S/C27H26N4O5/c1-18-8-6-7-11-22(18)29-25(35)28-21-14-12-20(13-15-21)27(2)24(34)30(17-23(32)33)26(36)31(27)16-19-9-4-3-5-10-19/h3-15H,16-17H2,1-2H3,(H,32,33)(H2,28,29,35). The Morgan fingerprint density at radius 1 is 0.889 bits per heavy atom. The molecule has 1 unspecified atom stereocenters. The van der Waals surface area contributed by atoms with Crippen LogP contribution in [-0.4, -0.2) is 45.4 Å². The number of rotatable bonds is 7. The fourth-order valence-corrected chi connectivity index (χ4v) is 4.22. The Hall–Kier alpha value is -4.66. The van der Waals surface area contributed by atoms with Crippen LogP contribution in [-0.2, 0) is 21.7 Å². The zero-order valence-electron chi connectivity index (χ0n) is 19.9. The lowest BCUT2D eigenvalue weighted by atomic mass is 9.89. The number of aliphatic carboxylic acids is 1. The normalized spacial score (nSPS) is 17.3. The minimum Gasteiger partial charge on any atom is -0.480 e. The molecular formula is C27H26N4O5. The topological polar surface area (TPSA) is 119 Å². The maximum atomic E-state index is 13.4. The molecule has 1 atom stereocenters. The van der Waals surface area contributed by atoms with Crippen LogP contribution in [0.15, 0.2) is 78.9 Å². The van der Waals surface area contributed by atoms with Gasteiger partial charge in [0.05, 0.1) is 0 Å². The van der Waals surface area contributed by atoms with Gasteiger partial charge in [0.1, 0.15) is 12.1 Å². The summed E-state index contributed by atoms with van der Waals surface area (Å²) in [5.74, 6) is -1.90. The third kappa shape index (κ3) is 4.76. The Labute approximate surface area is 208 Å². The van der Waals surface area contributed by atoms with Crippen molar-refractivity contribution in [3.05, 3.63) is 95.6 Å². The Morgan fingerprint density at radius 3 is 2.17 bits per heavy atom. The lowest BCUT2D eigenvalue weighted by Gasteiger charge is -2.32. The molecule has 1 aliphatic rings. The molecule has 0 saturated carbocycles. The van der Waals surface area contributed by atoms with E-state index in [0.29, 0.717) is 16.9 Å². The van der Waals surface area contributed by atoms with Gasteiger partial charge < -0.3 is 20.6 Å². The van der Waals surface area contributed by atoms with Crippen LogP contribution >= 0.6 is 0 Å². The second-order valence-corrected chi connectivity index (χ2v) is 8.68. The quantitative estimate of drug-likeness (QED) is 0.428. The predicted octanol–water partition coefficient (Wildman–Crippen LogP) is 4.40. The predicted molar refractivity (Wildman–Crippen MR) is 134 cm³/mol. The third-order valence-corrected chi connectivity index (χ3v) is 6.24. The monoisotopic (exact) mass is 486 g/mol. The van der Waals surface area contributed by atoms with E-state index in [1.165, 1.54) is 4.90 Å². The van der Waals surface area contributed by atoms with Crippen molar-refractivity contribution in [1.82, 2.24) is 9.80 Å². The number of hydrogen-bond acceptors (Lipinski definition) is 4. The van der Waals surface area contributed by atoms with Gasteiger partial charge in [-0.25, -0.2) is 9.59 Å². The number of aryl methyl sites for hydroxylation is 1. The fraction of sp³-hybridized carbons (Fsp3) is 0.185. The van der Waals surface area contributed by atoms with E-state index in [4.69, 9.17) is 0 Å². The van der Waals surface area contributed by atoms with Crippen LogP contribution in [0.3, 0.4) is 0 Å². The minimum atomic E-state index is -1.43. The summed E-state index contributed by atoms with van der Waals surface area (Å²) in [6, 6.07) is 22.0. The first kappa shape index (κ1) is 24.5. The maximum Gasteiger partial charge on any atom is 0.328 e.